The van der Waals surface area contributed by atoms with Crippen molar-refractivity contribution in [3.05, 3.63) is 186 Å². The minimum Gasteiger partial charge on any atom is -0.490 e. The molecule has 5 nitrogen and oxygen atoms in total. The molecule has 0 radical (unpaired) electrons. The lowest BCUT2D eigenvalue weighted by Crippen LogP contribution is -2.74. The first kappa shape index (κ1) is 29.7. The Balaban J connectivity index is 1.07. The fourth-order valence-corrected chi connectivity index (χ4v) is 6.84. The van der Waals surface area contributed by atoms with Crippen LogP contribution in [0, 0.1) is 0 Å². The van der Waals surface area contributed by atoms with Crippen molar-refractivity contribution in [3.8, 4) is 5.75 Å². The Morgan fingerprint density at radius 1 is 0.468 bits per heavy atom. The summed E-state index contributed by atoms with van der Waals surface area (Å²) in [6.45, 7) is 0.159. The molecule has 0 saturated heterocycles. The molecule has 0 spiro atoms. The topological polar surface area (TPSA) is 69.7 Å². The van der Waals surface area contributed by atoms with Gasteiger partial charge in [0.1, 0.15) is 25.1 Å². The Bertz CT molecular complexity index is 1980. The van der Waals surface area contributed by atoms with Gasteiger partial charge in [-0.2, -0.15) is 21.9 Å². The number of carbonyl (C=O) groups excluding carboxylic acids is 3. The van der Waals surface area contributed by atoms with Crippen molar-refractivity contribution in [1.29, 1.82) is 0 Å². The first-order chi connectivity index (χ1) is 23.1. The summed E-state index contributed by atoms with van der Waals surface area (Å²) in [7, 11) is 0. The van der Waals surface area contributed by atoms with Gasteiger partial charge in [0.25, 0.3) is 0 Å². The van der Waals surface area contributed by atoms with Gasteiger partial charge in [0, 0.05) is 22.3 Å². The van der Waals surface area contributed by atoms with E-state index in [0.29, 0.717) is 16.9 Å². The van der Waals surface area contributed by atoms with Crippen LogP contribution in [-0.2, 0) is 4.74 Å². The molecule has 0 atom stereocenters. The van der Waals surface area contributed by atoms with E-state index < -0.39 is 12.1 Å². The van der Waals surface area contributed by atoms with Gasteiger partial charge in [-0.05, 0) is 30.3 Å². The quantitative estimate of drug-likeness (QED) is 0.129. The number of esters is 1. The summed E-state index contributed by atoms with van der Waals surface area (Å²) >= 11 is 0. The number of hydrogen-bond donors (Lipinski definition) is 0. The highest BCUT2D eigenvalue weighted by molar-refractivity contribution is 7.19. The third-order valence-electron chi connectivity index (χ3n) is 9.02. The summed E-state index contributed by atoms with van der Waals surface area (Å²) in [5.74, 6) is -0.453. The number of ether oxygens (including phenoxy) is 2. The van der Waals surface area contributed by atoms with E-state index in [1.54, 1.807) is 24.3 Å². The summed E-state index contributed by atoms with van der Waals surface area (Å²) in [6, 6.07) is 51.0. The molecule has 0 unspecified atom stereocenters. The lowest BCUT2D eigenvalue weighted by molar-refractivity contribution is 0.0450. The van der Waals surface area contributed by atoms with Crippen LogP contribution >= 0.6 is 0 Å². The summed E-state index contributed by atoms with van der Waals surface area (Å²) < 4.78 is 11.4. The number of fused-ring (bicyclic) bond motifs is 2. The van der Waals surface area contributed by atoms with Crippen LogP contribution in [0.5, 0.6) is 5.75 Å². The van der Waals surface area contributed by atoms with Gasteiger partial charge in [0.05, 0.1) is 5.56 Å². The van der Waals surface area contributed by atoms with Crippen LogP contribution in [0.25, 0.3) is 0 Å². The predicted molar refractivity (Wildman–Crippen MR) is 186 cm³/mol. The molecule has 6 aromatic rings. The van der Waals surface area contributed by atoms with Gasteiger partial charge in [-0.15, -0.1) is 0 Å². The van der Waals surface area contributed by atoms with Gasteiger partial charge < -0.3 is 9.47 Å². The third kappa shape index (κ3) is 5.44. The normalized spacial score (nSPS) is 12.2. The molecule has 0 bridgehead atoms. The van der Waals surface area contributed by atoms with E-state index >= 15 is 0 Å². The molecule has 228 valence electrons. The monoisotopic (exact) mass is 613 g/mol. The van der Waals surface area contributed by atoms with Gasteiger partial charge in [-0.25, -0.2) is 4.79 Å². The van der Waals surface area contributed by atoms with E-state index in [2.05, 4.69) is 84.9 Å². The van der Waals surface area contributed by atoms with E-state index in [0.717, 1.165) is 5.46 Å². The predicted octanol–water partition coefficient (Wildman–Crippen LogP) is 5.08. The second kappa shape index (κ2) is 12.8. The summed E-state index contributed by atoms with van der Waals surface area (Å²) in [5, 5.41) is 0. The first-order valence-electron chi connectivity index (χ1n) is 15.6. The second-order valence-electron chi connectivity index (χ2n) is 11.6. The number of ketones is 2. The van der Waals surface area contributed by atoms with Crippen molar-refractivity contribution in [2.45, 2.75) is 0 Å². The first-order valence-corrected chi connectivity index (χ1v) is 15.6. The van der Waals surface area contributed by atoms with Gasteiger partial charge in [-0.3, -0.25) is 9.59 Å². The molecule has 0 amide bonds. The average Bonchev–Trinajstić information content (AvgIpc) is 3.14. The minimum absolute atomic E-state index is 0.0132. The van der Waals surface area contributed by atoms with E-state index in [1.807, 2.05) is 30.3 Å². The third-order valence-corrected chi connectivity index (χ3v) is 9.02. The molecule has 6 heteroatoms. The zero-order valence-corrected chi connectivity index (χ0v) is 25.5. The highest BCUT2D eigenvalue weighted by atomic mass is 16.6. The lowest BCUT2D eigenvalue weighted by atomic mass is 9.13. The second-order valence-corrected chi connectivity index (χ2v) is 11.6. The van der Waals surface area contributed by atoms with Gasteiger partial charge in [0.15, 0.2) is 11.6 Å². The van der Waals surface area contributed by atoms with Gasteiger partial charge in [0.2, 0.25) is 0 Å². The Morgan fingerprint density at radius 3 is 1.45 bits per heavy atom. The molecule has 0 aromatic heterocycles. The minimum atomic E-state index is -1.49. The molecule has 0 N–H and O–H groups in total. The van der Waals surface area contributed by atoms with Gasteiger partial charge >= 0.3 is 5.97 Å². The van der Waals surface area contributed by atoms with Crippen LogP contribution < -0.4 is 26.6 Å². The Kier molecular flexibility index (Phi) is 8.07. The van der Waals surface area contributed by atoms with Crippen molar-refractivity contribution in [2.75, 3.05) is 13.2 Å². The van der Waals surface area contributed by atoms with Crippen molar-refractivity contribution in [1.82, 2.24) is 0 Å². The number of carbonyl (C=O) groups is 3. The van der Waals surface area contributed by atoms with Crippen molar-refractivity contribution in [2.24, 2.45) is 0 Å². The molecule has 0 heterocycles. The largest absolute Gasteiger partial charge is 0.490 e. The van der Waals surface area contributed by atoms with Crippen molar-refractivity contribution in [3.63, 3.8) is 0 Å². The van der Waals surface area contributed by atoms with E-state index in [1.165, 1.54) is 34.6 Å². The van der Waals surface area contributed by atoms with E-state index in [-0.39, 0.29) is 41.5 Å². The maximum absolute atomic E-state index is 13.1. The SMILES string of the molecule is O=C(OCCOc1ccc([B-](c2ccccc2)(c2ccccc2)c2ccccc2)cc1)c1ccc2c(c1)C(=O)c1ccccc1C2=O. The maximum atomic E-state index is 13.1. The smallest absolute Gasteiger partial charge is 0.338 e. The van der Waals surface area contributed by atoms with E-state index in [4.69, 9.17) is 9.47 Å². The van der Waals surface area contributed by atoms with Crippen LogP contribution in [0.15, 0.2) is 158 Å². The summed E-state index contributed by atoms with van der Waals surface area (Å²) in [5.41, 5.74) is 6.19. The van der Waals surface area contributed by atoms with Crippen LogP contribution in [0.4, 0.5) is 0 Å². The Labute approximate surface area is 273 Å². The molecular weight excluding hydrogens is 583 g/mol. The fourth-order valence-electron chi connectivity index (χ4n) is 6.84. The van der Waals surface area contributed by atoms with Crippen molar-refractivity contribution < 1.29 is 23.9 Å². The Morgan fingerprint density at radius 2 is 0.915 bits per heavy atom. The summed E-state index contributed by atoms with van der Waals surface area (Å²) in [4.78, 5) is 38.8. The van der Waals surface area contributed by atoms with Crippen molar-refractivity contribution >= 4 is 45.5 Å². The maximum Gasteiger partial charge on any atom is 0.338 e. The number of hydrogen-bond acceptors (Lipinski definition) is 5. The highest BCUT2D eigenvalue weighted by Crippen LogP contribution is 2.28. The molecule has 47 heavy (non-hydrogen) atoms. The average molecular weight is 613 g/mol. The molecule has 1 aliphatic carbocycles. The molecule has 6 aromatic carbocycles. The standard InChI is InChI=1S/C41H30BO5/c43-39-35-18-10-11-19-36(35)40(44)38-28-29(20-25-37(38)39)41(45)47-27-26-46-34-23-21-33(22-24-34)42(30-12-4-1-5-13-30,31-14-6-2-7-15-31)32-16-8-3-9-17-32/h1-25,28H,26-27H2/q-1. The van der Waals surface area contributed by atoms with Crippen LogP contribution in [0.1, 0.15) is 42.2 Å². The van der Waals surface area contributed by atoms with Crippen LogP contribution in [0.2, 0.25) is 0 Å². The zero-order chi connectivity index (χ0) is 32.2. The van der Waals surface area contributed by atoms with E-state index in [9.17, 15) is 14.4 Å². The fraction of sp³-hybridized carbons (Fsp3) is 0.0488. The number of benzene rings is 6. The molecule has 0 saturated carbocycles. The molecule has 0 aliphatic heterocycles. The van der Waals surface area contributed by atoms with Crippen LogP contribution in [0.3, 0.4) is 0 Å². The Hall–Kier alpha value is -6.01. The highest BCUT2D eigenvalue weighted by Gasteiger charge is 2.32. The molecule has 1 aliphatic rings. The summed E-state index contributed by atoms with van der Waals surface area (Å²) in [6.07, 6.45) is -1.49. The zero-order valence-electron chi connectivity index (χ0n) is 25.5. The molecule has 7 rings (SSSR count). The van der Waals surface area contributed by atoms with Gasteiger partial charge in [-0.1, -0.05) is 127 Å². The number of rotatable bonds is 9. The molecular formula is C41H30BO5-. The lowest BCUT2D eigenvalue weighted by Gasteiger charge is -2.44. The molecule has 0 fully saturated rings. The van der Waals surface area contributed by atoms with Crippen LogP contribution in [-0.4, -0.2) is 36.9 Å².